The van der Waals surface area contributed by atoms with Gasteiger partial charge in [0.05, 0.1) is 5.69 Å². The van der Waals surface area contributed by atoms with Gasteiger partial charge in [0.2, 0.25) is 5.91 Å². The molecule has 0 radical (unpaired) electrons. The quantitative estimate of drug-likeness (QED) is 0.824. The Hall–Kier alpha value is -1.02. The molecule has 118 valence electrons. The molecule has 0 saturated carbocycles. The number of carbonyl (C=O) groups is 1. The summed E-state index contributed by atoms with van der Waals surface area (Å²) in [5.74, 6) is 0.207. The third-order valence-electron chi connectivity index (χ3n) is 3.63. The summed E-state index contributed by atoms with van der Waals surface area (Å²) in [7, 11) is -3.28. The number of nitrogens with zero attached hydrogens (tertiary/aromatic N) is 3. The second-order valence-electron chi connectivity index (χ2n) is 6.53. The summed E-state index contributed by atoms with van der Waals surface area (Å²) < 4.78 is 27.5. The minimum Gasteiger partial charge on any atom is -0.342 e. The lowest BCUT2D eigenvalue weighted by Gasteiger charge is -2.35. The van der Waals surface area contributed by atoms with Gasteiger partial charge in [-0.25, -0.2) is 8.42 Å². The molecular formula is C13H21N3O3S2. The van der Waals surface area contributed by atoms with Gasteiger partial charge in [0.15, 0.2) is 14.0 Å². The van der Waals surface area contributed by atoms with Crippen LogP contribution in [0.3, 0.4) is 0 Å². The van der Waals surface area contributed by atoms with E-state index in [4.69, 9.17) is 0 Å². The van der Waals surface area contributed by atoms with Crippen molar-refractivity contribution in [3.63, 3.8) is 0 Å². The Morgan fingerprint density at radius 3 is 2.33 bits per heavy atom. The zero-order valence-electron chi connectivity index (χ0n) is 12.8. The Morgan fingerprint density at radius 1 is 1.29 bits per heavy atom. The average molecular weight is 331 g/mol. The van der Waals surface area contributed by atoms with Crippen molar-refractivity contribution in [2.24, 2.45) is 5.41 Å². The fourth-order valence-electron chi connectivity index (χ4n) is 2.53. The molecule has 21 heavy (non-hydrogen) atoms. The van der Waals surface area contributed by atoms with Crippen LogP contribution in [-0.2, 0) is 14.6 Å². The topological polar surface area (TPSA) is 80.2 Å². The van der Waals surface area contributed by atoms with Crippen LogP contribution < -0.4 is 0 Å². The van der Waals surface area contributed by atoms with Gasteiger partial charge < -0.3 is 4.90 Å². The van der Waals surface area contributed by atoms with Crippen LogP contribution in [0.1, 0.15) is 45.2 Å². The number of aromatic nitrogens is 2. The van der Waals surface area contributed by atoms with E-state index in [2.05, 4.69) is 9.59 Å². The minimum absolute atomic E-state index is 0.0671. The van der Waals surface area contributed by atoms with Crippen LogP contribution in [0.5, 0.6) is 0 Å². The fraction of sp³-hybridized carbons (Fsp3) is 0.769. The molecule has 1 fully saturated rings. The maximum atomic E-state index is 12.2. The van der Waals surface area contributed by atoms with E-state index >= 15 is 0 Å². The summed E-state index contributed by atoms with van der Waals surface area (Å²) in [5, 5.41) is 4.01. The smallest absolute Gasteiger partial charge is 0.227 e. The van der Waals surface area contributed by atoms with E-state index in [9.17, 15) is 13.2 Å². The highest BCUT2D eigenvalue weighted by molar-refractivity contribution is 7.92. The molecule has 0 aliphatic carbocycles. The molecule has 1 saturated heterocycles. The summed E-state index contributed by atoms with van der Waals surface area (Å²) in [6, 6.07) is 0. The largest absolute Gasteiger partial charge is 0.342 e. The number of hydrogen-bond donors (Lipinski definition) is 0. The number of rotatable bonds is 2. The van der Waals surface area contributed by atoms with Crippen molar-refractivity contribution in [3.05, 3.63) is 5.69 Å². The molecule has 6 nitrogen and oxygen atoms in total. The van der Waals surface area contributed by atoms with Crippen molar-refractivity contribution in [2.45, 2.75) is 43.7 Å². The van der Waals surface area contributed by atoms with Gasteiger partial charge >= 0.3 is 0 Å². The molecular weight excluding hydrogens is 310 g/mol. The second kappa shape index (κ2) is 5.64. The third kappa shape index (κ3) is 3.60. The molecule has 0 aromatic carbocycles. The first-order chi connectivity index (χ1) is 9.60. The van der Waals surface area contributed by atoms with Crippen LogP contribution in [0.25, 0.3) is 0 Å². The lowest BCUT2D eigenvalue weighted by atomic mass is 9.90. The number of amides is 1. The van der Waals surface area contributed by atoms with Crippen molar-refractivity contribution >= 4 is 27.3 Å². The molecule has 1 aliphatic heterocycles. The predicted octanol–water partition coefficient (Wildman–Crippen LogP) is 1.69. The highest BCUT2D eigenvalue weighted by atomic mass is 32.2. The standard InChI is InChI=1S/C13H21N3O3S2/c1-13(2,3)12(17)16-7-5-9(6-8-16)10-11(20-15-14-10)21(4,18)19/h9H,5-8H2,1-4H3. The van der Waals surface area contributed by atoms with E-state index in [-0.39, 0.29) is 21.4 Å². The molecule has 0 atom stereocenters. The highest BCUT2D eigenvalue weighted by Gasteiger charge is 2.33. The lowest BCUT2D eigenvalue weighted by Crippen LogP contribution is -2.43. The fourth-order valence-corrected chi connectivity index (χ4v) is 4.26. The zero-order valence-corrected chi connectivity index (χ0v) is 14.4. The summed E-state index contributed by atoms with van der Waals surface area (Å²) >= 11 is 0.932. The lowest BCUT2D eigenvalue weighted by molar-refractivity contribution is -0.140. The van der Waals surface area contributed by atoms with Crippen LogP contribution in [0.15, 0.2) is 4.21 Å². The van der Waals surface area contributed by atoms with Crippen molar-refractivity contribution < 1.29 is 13.2 Å². The van der Waals surface area contributed by atoms with Gasteiger partial charge in [-0.05, 0) is 12.8 Å². The molecule has 0 N–H and O–H groups in total. The summed E-state index contributed by atoms with van der Waals surface area (Å²) in [6.45, 7) is 7.01. The van der Waals surface area contributed by atoms with Crippen LogP contribution in [0.2, 0.25) is 0 Å². The molecule has 0 spiro atoms. The maximum Gasteiger partial charge on any atom is 0.227 e. The van der Waals surface area contributed by atoms with E-state index in [1.54, 1.807) is 0 Å². The Labute approximate surface area is 129 Å². The van der Waals surface area contributed by atoms with Gasteiger partial charge in [0.25, 0.3) is 0 Å². The Bertz CT molecular complexity index is 623. The first-order valence-electron chi connectivity index (χ1n) is 6.92. The van der Waals surface area contributed by atoms with E-state index in [1.165, 1.54) is 6.26 Å². The number of sulfone groups is 1. The number of carbonyl (C=O) groups excluding carboxylic acids is 1. The Kier molecular flexibility index (Phi) is 4.39. The van der Waals surface area contributed by atoms with Gasteiger partial charge in [-0.1, -0.05) is 25.3 Å². The van der Waals surface area contributed by atoms with Crippen LogP contribution in [0, 0.1) is 5.41 Å². The second-order valence-corrected chi connectivity index (χ2v) is 9.50. The van der Waals surface area contributed by atoms with E-state index in [0.29, 0.717) is 18.8 Å². The maximum absolute atomic E-state index is 12.2. The Balaban J connectivity index is 2.09. The molecule has 1 amide bonds. The van der Waals surface area contributed by atoms with Gasteiger partial charge in [-0.15, -0.1) is 5.10 Å². The summed E-state index contributed by atoms with van der Waals surface area (Å²) in [5.41, 5.74) is 0.192. The van der Waals surface area contributed by atoms with Crippen molar-refractivity contribution in [1.82, 2.24) is 14.5 Å². The van der Waals surface area contributed by atoms with Crippen molar-refractivity contribution in [2.75, 3.05) is 19.3 Å². The van der Waals surface area contributed by atoms with Crippen LogP contribution in [0.4, 0.5) is 0 Å². The van der Waals surface area contributed by atoms with E-state index in [1.807, 2.05) is 25.7 Å². The summed E-state index contributed by atoms with van der Waals surface area (Å²) in [6.07, 6.45) is 2.65. The first-order valence-corrected chi connectivity index (χ1v) is 9.59. The monoisotopic (exact) mass is 331 g/mol. The first kappa shape index (κ1) is 16.4. The number of hydrogen-bond acceptors (Lipinski definition) is 6. The molecule has 0 bridgehead atoms. The normalized spacial score (nSPS) is 18.0. The third-order valence-corrected chi connectivity index (χ3v) is 6.18. The van der Waals surface area contributed by atoms with E-state index in [0.717, 1.165) is 24.4 Å². The zero-order chi connectivity index (χ0) is 15.8. The number of piperidine rings is 1. The molecule has 0 unspecified atom stereocenters. The summed E-state index contributed by atoms with van der Waals surface area (Å²) in [4.78, 5) is 14.1. The molecule has 8 heteroatoms. The highest BCUT2D eigenvalue weighted by Crippen LogP contribution is 2.33. The van der Waals surface area contributed by atoms with E-state index < -0.39 is 9.84 Å². The predicted molar refractivity (Wildman–Crippen MR) is 81.0 cm³/mol. The Morgan fingerprint density at radius 2 is 1.86 bits per heavy atom. The SMILES string of the molecule is CC(C)(C)C(=O)N1CCC(c2nnsc2S(C)(=O)=O)CC1. The molecule has 1 aromatic heterocycles. The molecule has 1 aromatic rings. The van der Waals surface area contributed by atoms with Gasteiger partial charge in [-0.3, -0.25) is 4.79 Å². The minimum atomic E-state index is -3.28. The van der Waals surface area contributed by atoms with Crippen LogP contribution in [-0.4, -0.2) is 48.2 Å². The molecule has 2 heterocycles. The number of likely N-dealkylation sites (tertiary alicyclic amines) is 1. The van der Waals surface area contributed by atoms with Gasteiger partial charge in [-0.2, -0.15) is 0 Å². The molecule has 2 rings (SSSR count). The van der Waals surface area contributed by atoms with Crippen molar-refractivity contribution in [1.29, 1.82) is 0 Å². The van der Waals surface area contributed by atoms with Gasteiger partial charge in [0, 0.05) is 42.2 Å². The molecule has 1 aliphatic rings. The average Bonchev–Trinajstić information content (AvgIpc) is 2.86. The van der Waals surface area contributed by atoms with Crippen LogP contribution >= 0.6 is 11.5 Å². The van der Waals surface area contributed by atoms with Crippen molar-refractivity contribution in [3.8, 4) is 0 Å². The van der Waals surface area contributed by atoms with Gasteiger partial charge in [0.1, 0.15) is 0 Å².